The molecule has 0 atom stereocenters. The largest absolute Gasteiger partial charge is 0.365 e. The van der Waals surface area contributed by atoms with Crippen LogP contribution in [0.15, 0.2) is 5.03 Å². The number of hydrogen-bond donors (Lipinski definition) is 3. The van der Waals surface area contributed by atoms with E-state index in [9.17, 15) is 14.4 Å². The molecule has 0 spiro atoms. The monoisotopic (exact) mass is 427 g/mol. The van der Waals surface area contributed by atoms with E-state index in [4.69, 9.17) is 5.73 Å². The van der Waals surface area contributed by atoms with E-state index in [0.717, 1.165) is 43.1 Å². The van der Waals surface area contributed by atoms with E-state index in [1.54, 1.807) is 0 Å². The van der Waals surface area contributed by atoms with Gasteiger partial charge in [-0.3, -0.25) is 14.9 Å². The molecule has 0 unspecified atom stereocenters. The number of nitrogens with one attached hydrogen (secondary N) is 2. The van der Waals surface area contributed by atoms with Crippen LogP contribution in [-0.2, 0) is 4.79 Å². The van der Waals surface area contributed by atoms with Gasteiger partial charge >= 0.3 is 6.03 Å². The lowest BCUT2D eigenvalue weighted by Gasteiger charge is -2.15. The number of anilines is 1. The lowest BCUT2D eigenvalue weighted by molar-refractivity contribution is -0.127. The third-order valence-corrected chi connectivity index (χ3v) is 6.37. The van der Waals surface area contributed by atoms with Crippen molar-refractivity contribution in [2.24, 2.45) is 5.73 Å². The van der Waals surface area contributed by atoms with E-state index in [-0.39, 0.29) is 11.5 Å². The highest BCUT2D eigenvalue weighted by atomic mass is 32.2. The second-order valence-electron chi connectivity index (χ2n) is 6.68. The minimum atomic E-state index is -0.590. The number of likely N-dealkylation sites (tertiary alicyclic amines) is 1. The maximum atomic E-state index is 12.1. The quantitative estimate of drug-likeness (QED) is 0.350. The van der Waals surface area contributed by atoms with Crippen molar-refractivity contribution >= 4 is 46.1 Å². The molecule has 0 radical (unpaired) electrons. The first-order chi connectivity index (χ1) is 13.5. The van der Waals surface area contributed by atoms with Gasteiger partial charge in [-0.25, -0.2) is 4.79 Å². The number of thioether (sulfide) groups is 1. The average Bonchev–Trinajstić information content (AvgIpc) is 3.24. The molecule has 1 aromatic heterocycles. The number of unbranched alkanes of at least 4 members (excludes halogenated alkanes) is 3. The fourth-order valence-corrected chi connectivity index (χ4v) is 4.90. The summed E-state index contributed by atoms with van der Waals surface area (Å²) in [6, 6.07) is -0.404. The van der Waals surface area contributed by atoms with Gasteiger partial charge in [0.25, 0.3) is 5.91 Å². The summed E-state index contributed by atoms with van der Waals surface area (Å²) in [4.78, 5) is 37.3. The summed E-state index contributed by atoms with van der Waals surface area (Å²) in [6.45, 7) is 4.05. The van der Waals surface area contributed by atoms with Gasteiger partial charge in [0.1, 0.15) is 15.6 Å². The van der Waals surface area contributed by atoms with Crippen LogP contribution in [0, 0.1) is 0 Å². The molecule has 8 nitrogen and oxygen atoms in total. The van der Waals surface area contributed by atoms with Crippen molar-refractivity contribution < 1.29 is 14.4 Å². The molecule has 28 heavy (non-hydrogen) atoms. The van der Waals surface area contributed by atoms with E-state index in [1.165, 1.54) is 24.6 Å². The minimum absolute atomic E-state index is 0.180. The Hall–Kier alpha value is -1.81. The normalized spacial score (nSPS) is 13.8. The number of nitrogens with zero attached hydrogens (tertiary/aromatic N) is 2. The van der Waals surface area contributed by atoms with Gasteiger partial charge in [0.2, 0.25) is 5.91 Å². The first-order valence-electron chi connectivity index (χ1n) is 9.77. The summed E-state index contributed by atoms with van der Waals surface area (Å²) in [5, 5.41) is 6.37. The average molecular weight is 428 g/mol. The summed E-state index contributed by atoms with van der Waals surface area (Å²) in [5.41, 5.74) is 5.78. The van der Waals surface area contributed by atoms with Crippen LogP contribution in [0.5, 0.6) is 0 Å². The summed E-state index contributed by atoms with van der Waals surface area (Å²) in [5.74, 6) is 0.456. The van der Waals surface area contributed by atoms with Crippen molar-refractivity contribution in [2.75, 3.05) is 30.7 Å². The van der Waals surface area contributed by atoms with E-state index < -0.39 is 11.9 Å². The molecule has 1 fully saturated rings. The predicted molar refractivity (Wildman–Crippen MR) is 113 cm³/mol. The van der Waals surface area contributed by atoms with Gasteiger partial charge in [-0.1, -0.05) is 26.2 Å². The van der Waals surface area contributed by atoms with Crippen LogP contribution >= 0.6 is 23.3 Å². The summed E-state index contributed by atoms with van der Waals surface area (Å²) >= 11 is 2.56. The number of amides is 4. The fraction of sp³-hybridized carbons (Fsp3) is 0.667. The maximum Gasteiger partial charge on any atom is 0.319 e. The second kappa shape index (κ2) is 11.9. The molecule has 156 valence electrons. The highest BCUT2D eigenvalue weighted by Gasteiger charge is 2.21. The number of aromatic nitrogens is 1. The van der Waals surface area contributed by atoms with Gasteiger partial charge < -0.3 is 16.0 Å². The summed E-state index contributed by atoms with van der Waals surface area (Å²) in [7, 11) is 0. The Morgan fingerprint density at radius 2 is 2.11 bits per heavy atom. The molecule has 0 bridgehead atoms. The first-order valence-corrected chi connectivity index (χ1v) is 11.5. The first kappa shape index (κ1) is 22.5. The Labute approximate surface area is 174 Å². The van der Waals surface area contributed by atoms with Gasteiger partial charge in [-0.15, -0.1) is 11.8 Å². The number of rotatable bonds is 12. The molecular weight excluding hydrogens is 398 g/mol. The molecule has 4 N–H and O–H groups in total. The molecular formula is C18H29N5O3S2. The lowest BCUT2D eigenvalue weighted by Crippen LogP contribution is -2.33. The van der Waals surface area contributed by atoms with E-state index in [2.05, 4.69) is 21.9 Å². The molecule has 1 aliphatic heterocycles. The summed E-state index contributed by atoms with van der Waals surface area (Å²) < 4.78 is 4.28. The Kier molecular flexibility index (Phi) is 9.56. The third kappa shape index (κ3) is 6.97. The zero-order valence-electron chi connectivity index (χ0n) is 16.3. The number of nitrogens with two attached hydrogens (primary N) is 1. The molecule has 1 aliphatic rings. The van der Waals surface area contributed by atoms with Gasteiger partial charge in [-0.2, -0.15) is 4.37 Å². The van der Waals surface area contributed by atoms with Crippen LogP contribution in [0.3, 0.4) is 0 Å². The van der Waals surface area contributed by atoms with Crippen LogP contribution in [0.1, 0.15) is 62.2 Å². The number of carbonyl (C=O) groups is 3. The topological polar surface area (TPSA) is 117 Å². The molecule has 0 aliphatic carbocycles. The molecule has 0 saturated carbocycles. The Balaban J connectivity index is 1.77. The maximum absolute atomic E-state index is 12.1. The van der Waals surface area contributed by atoms with Crippen LogP contribution in [0.25, 0.3) is 0 Å². The van der Waals surface area contributed by atoms with Crippen molar-refractivity contribution in [2.45, 2.75) is 56.9 Å². The second-order valence-corrected chi connectivity index (χ2v) is 8.54. The van der Waals surface area contributed by atoms with E-state index in [0.29, 0.717) is 36.0 Å². The molecule has 4 amide bonds. The summed E-state index contributed by atoms with van der Waals surface area (Å²) in [6.07, 6.45) is 6.78. The molecule has 2 heterocycles. The van der Waals surface area contributed by atoms with Crippen molar-refractivity contribution in [1.29, 1.82) is 0 Å². The molecule has 10 heteroatoms. The van der Waals surface area contributed by atoms with E-state index >= 15 is 0 Å². The smallest absolute Gasteiger partial charge is 0.319 e. The van der Waals surface area contributed by atoms with Crippen LogP contribution in [0.2, 0.25) is 0 Å². The zero-order valence-corrected chi connectivity index (χ0v) is 17.9. The lowest BCUT2D eigenvalue weighted by atomic mass is 10.2. The molecule has 0 aromatic carbocycles. The fourth-order valence-electron chi connectivity index (χ4n) is 2.93. The van der Waals surface area contributed by atoms with Gasteiger partial charge in [-0.05, 0) is 36.5 Å². The van der Waals surface area contributed by atoms with Crippen LogP contribution < -0.4 is 16.4 Å². The number of carbonyl (C=O) groups excluding carboxylic acids is 3. The Bertz CT molecular complexity index is 680. The SMILES string of the molecule is CCCCCCSc1nsc(NC(=O)NCCCN2CCCC2=O)c1C(N)=O. The standard InChI is InChI=1S/C18H29N5O3S2/c1-2-3-4-5-12-27-17-14(15(19)25)16(28-22-17)21-18(26)20-9-7-11-23-10-6-8-13(23)24/h2-12H2,1H3,(H2,19,25)(H2,20,21,26). The Morgan fingerprint density at radius 3 is 2.79 bits per heavy atom. The predicted octanol–water partition coefficient (Wildman–Crippen LogP) is 3.05. The van der Waals surface area contributed by atoms with Gasteiger partial charge in [0.05, 0.1) is 0 Å². The highest BCUT2D eigenvalue weighted by Crippen LogP contribution is 2.32. The van der Waals surface area contributed by atoms with Crippen molar-refractivity contribution in [3.63, 3.8) is 0 Å². The number of urea groups is 1. The number of primary amides is 1. The Morgan fingerprint density at radius 1 is 1.29 bits per heavy atom. The van der Waals surface area contributed by atoms with Crippen LogP contribution in [-0.4, -0.2) is 52.5 Å². The third-order valence-electron chi connectivity index (χ3n) is 4.43. The van der Waals surface area contributed by atoms with Crippen LogP contribution in [0.4, 0.5) is 9.80 Å². The molecule has 1 saturated heterocycles. The van der Waals surface area contributed by atoms with Crippen molar-refractivity contribution in [3.05, 3.63) is 5.56 Å². The highest BCUT2D eigenvalue weighted by molar-refractivity contribution is 7.99. The minimum Gasteiger partial charge on any atom is -0.365 e. The van der Waals surface area contributed by atoms with Crippen molar-refractivity contribution in [1.82, 2.24) is 14.6 Å². The molecule has 2 rings (SSSR count). The molecule has 1 aromatic rings. The zero-order chi connectivity index (χ0) is 20.4. The van der Waals surface area contributed by atoms with Gasteiger partial charge in [0, 0.05) is 26.1 Å². The number of hydrogen-bond acceptors (Lipinski definition) is 6. The van der Waals surface area contributed by atoms with Crippen molar-refractivity contribution in [3.8, 4) is 0 Å². The van der Waals surface area contributed by atoms with E-state index in [1.807, 2.05) is 4.90 Å². The van der Waals surface area contributed by atoms with Gasteiger partial charge in [0.15, 0.2) is 0 Å².